The average molecular weight is 286 g/mol. The van der Waals surface area contributed by atoms with Crippen LogP contribution in [-0.2, 0) is 9.53 Å². The highest BCUT2D eigenvalue weighted by Crippen LogP contribution is 2.22. The third-order valence-electron chi connectivity index (χ3n) is 3.92. The normalized spacial score (nSPS) is 27.9. The van der Waals surface area contributed by atoms with Crippen molar-refractivity contribution in [1.29, 1.82) is 0 Å². The number of carboxylic acids is 1. The van der Waals surface area contributed by atoms with E-state index >= 15 is 0 Å². The molecule has 2 heterocycles. The summed E-state index contributed by atoms with van der Waals surface area (Å²) in [6.45, 7) is 3.85. The van der Waals surface area contributed by atoms with Gasteiger partial charge in [0.1, 0.15) is 6.04 Å². The number of carbonyl (C=O) groups is 2. The summed E-state index contributed by atoms with van der Waals surface area (Å²) in [5, 5.41) is 18.7. The quantitative estimate of drug-likeness (QED) is 0.769. The number of aliphatic hydroxyl groups is 1. The van der Waals surface area contributed by atoms with Crippen molar-refractivity contribution in [1.82, 2.24) is 9.80 Å². The van der Waals surface area contributed by atoms with E-state index in [0.29, 0.717) is 19.7 Å². The van der Waals surface area contributed by atoms with E-state index in [1.165, 1.54) is 4.90 Å². The Bertz CT molecular complexity index is 368. The molecule has 7 nitrogen and oxygen atoms in total. The lowest BCUT2D eigenvalue weighted by molar-refractivity contribution is -0.141. The molecule has 7 heteroatoms. The fourth-order valence-corrected chi connectivity index (χ4v) is 2.89. The molecule has 2 rings (SSSR count). The maximum Gasteiger partial charge on any atom is 0.326 e. The Morgan fingerprint density at radius 1 is 1.30 bits per heavy atom. The fourth-order valence-electron chi connectivity index (χ4n) is 2.89. The van der Waals surface area contributed by atoms with Crippen molar-refractivity contribution in [2.75, 3.05) is 26.2 Å². The van der Waals surface area contributed by atoms with Gasteiger partial charge in [0.25, 0.3) is 0 Å². The Labute approximate surface area is 118 Å². The van der Waals surface area contributed by atoms with Crippen LogP contribution < -0.4 is 0 Å². The van der Waals surface area contributed by atoms with Gasteiger partial charge in [-0.3, -0.25) is 0 Å². The number of hydrogen-bond donors (Lipinski definition) is 2. The Hall–Kier alpha value is -1.34. The summed E-state index contributed by atoms with van der Waals surface area (Å²) >= 11 is 0. The van der Waals surface area contributed by atoms with Gasteiger partial charge in [-0.25, -0.2) is 9.59 Å². The molecule has 0 spiro atoms. The first-order valence-corrected chi connectivity index (χ1v) is 7.11. The number of carbonyl (C=O) groups excluding carboxylic acids is 1. The van der Waals surface area contributed by atoms with Crippen molar-refractivity contribution < 1.29 is 24.5 Å². The molecule has 2 amide bonds. The van der Waals surface area contributed by atoms with Gasteiger partial charge >= 0.3 is 12.0 Å². The summed E-state index contributed by atoms with van der Waals surface area (Å²) in [6, 6.07) is -1.20. The number of amides is 2. The van der Waals surface area contributed by atoms with Crippen molar-refractivity contribution in [3.63, 3.8) is 0 Å². The van der Waals surface area contributed by atoms with Crippen LogP contribution >= 0.6 is 0 Å². The molecule has 0 aromatic rings. The molecule has 0 saturated carbocycles. The lowest BCUT2D eigenvalue weighted by Crippen LogP contribution is -2.51. The molecule has 0 aliphatic carbocycles. The predicted octanol–water partition coefficient (Wildman–Crippen LogP) is 0.127. The monoisotopic (exact) mass is 286 g/mol. The van der Waals surface area contributed by atoms with Crippen LogP contribution in [0, 0.1) is 0 Å². The van der Waals surface area contributed by atoms with Gasteiger partial charge in [-0.2, -0.15) is 0 Å². The maximum absolute atomic E-state index is 12.4. The minimum absolute atomic E-state index is 0.0984. The van der Waals surface area contributed by atoms with Crippen LogP contribution in [0.25, 0.3) is 0 Å². The zero-order chi connectivity index (χ0) is 14.7. The number of rotatable bonds is 3. The molecule has 0 aromatic heterocycles. The highest BCUT2D eigenvalue weighted by molar-refractivity contribution is 5.83. The Morgan fingerprint density at radius 3 is 2.50 bits per heavy atom. The zero-order valence-electron chi connectivity index (χ0n) is 11.7. The van der Waals surface area contributed by atoms with E-state index in [1.54, 1.807) is 4.90 Å². The van der Waals surface area contributed by atoms with Gasteiger partial charge in [0.15, 0.2) is 0 Å². The molecule has 2 unspecified atom stereocenters. The fraction of sp³-hybridized carbons (Fsp3) is 0.846. The second-order valence-electron chi connectivity index (χ2n) is 5.32. The minimum atomic E-state index is -1.06. The molecule has 0 bridgehead atoms. The van der Waals surface area contributed by atoms with E-state index in [2.05, 4.69) is 0 Å². The number of likely N-dealkylation sites (tertiary alicyclic amines) is 2. The molecular weight excluding hydrogens is 264 g/mol. The predicted molar refractivity (Wildman–Crippen MR) is 70.4 cm³/mol. The maximum atomic E-state index is 12.4. The number of ether oxygens (including phenoxy) is 1. The first-order valence-electron chi connectivity index (χ1n) is 7.11. The van der Waals surface area contributed by atoms with E-state index in [1.807, 2.05) is 6.92 Å². The van der Waals surface area contributed by atoms with Gasteiger partial charge in [-0.05, 0) is 19.8 Å². The van der Waals surface area contributed by atoms with Crippen LogP contribution in [0.4, 0.5) is 4.79 Å². The third kappa shape index (κ3) is 3.21. The van der Waals surface area contributed by atoms with Crippen LogP contribution in [0.2, 0.25) is 0 Å². The summed E-state index contributed by atoms with van der Waals surface area (Å²) in [6.07, 6.45) is 1.09. The molecule has 2 fully saturated rings. The van der Waals surface area contributed by atoms with Crippen molar-refractivity contribution in [3.05, 3.63) is 0 Å². The van der Waals surface area contributed by atoms with E-state index in [9.17, 15) is 14.7 Å². The van der Waals surface area contributed by atoms with E-state index < -0.39 is 18.1 Å². The largest absolute Gasteiger partial charge is 0.480 e. The van der Waals surface area contributed by atoms with Gasteiger partial charge in [0.2, 0.25) is 0 Å². The van der Waals surface area contributed by atoms with Gasteiger partial charge < -0.3 is 24.7 Å². The lowest BCUT2D eigenvalue weighted by atomic mass is 10.1. The van der Waals surface area contributed by atoms with Crippen molar-refractivity contribution in [3.8, 4) is 0 Å². The number of nitrogens with zero attached hydrogens (tertiary/aromatic N) is 2. The van der Waals surface area contributed by atoms with Crippen LogP contribution in [0.15, 0.2) is 0 Å². The topological polar surface area (TPSA) is 90.3 Å². The van der Waals surface area contributed by atoms with Crippen molar-refractivity contribution >= 4 is 12.0 Å². The number of urea groups is 1. The first kappa shape index (κ1) is 15.1. The van der Waals surface area contributed by atoms with E-state index in [0.717, 1.165) is 12.8 Å². The summed E-state index contributed by atoms with van der Waals surface area (Å²) in [4.78, 5) is 26.4. The molecule has 0 aromatic carbocycles. The van der Waals surface area contributed by atoms with Crippen LogP contribution in [0.3, 0.4) is 0 Å². The highest BCUT2D eigenvalue weighted by atomic mass is 16.5. The van der Waals surface area contributed by atoms with Gasteiger partial charge in [0.05, 0.1) is 12.2 Å². The summed E-state index contributed by atoms with van der Waals surface area (Å²) < 4.78 is 5.53. The molecule has 2 aliphatic heterocycles. The average Bonchev–Trinajstić information content (AvgIpc) is 2.81. The molecule has 0 radical (unpaired) electrons. The second kappa shape index (κ2) is 6.41. The van der Waals surface area contributed by atoms with Crippen molar-refractivity contribution in [2.24, 2.45) is 0 Å². The summed E-state index contributed by atoms with van der Waals surface area (Å²) in [7, 11) is 0. The first-order chi connectivity index (χ1) is 9.52. The lowest BCUT2D eigenvalue weighted by Gasteiger charge is -2.35. The molecule has 114 valence electrons. The van der Waals surface area contributed by atoms with Crippen LogP contribution in [0.5, 0.6) is 0 Å². The van der Waals surface area contributed by atoms with E-state index in [-0.39, 0.29) is 25.1 Å². The Kier molecular flexibility index (Phi) is 4.82. The SMILES string of the molecule is CCOC1CCN(C(=O)N2CC(O)CC2C(=O)O)CC1. The smallest absolute Gasteiger partial charge is 0.326 e. The molecule has 2 N–H and O–H groups in total. The van der Waals surface area contributed by atoms with Gasteiger partial charge in [-0.1, -0.05) is 0 Å². The number of aliphatic carboxylic acids is 1. The minimum Gasteiger partial charge on any atom is -0.480 e. The molecule has 2 aliphatic rings. The van der Waals surface area contributed by atoms with Crippen LogP contribution in [-0.4, -0.2) is 76.5 Å². The number of aliphatic hydroxyl groups excluding tert-OH is 1. The summed E-state index contributed by atoms with van der Waals surface area (Å²) in [5.74, 6) is -1.06. The standard InChI is InChI=1S/C13H22N2O5/c1-2-20-10-3-5-14(6-4-10)13(19)15-8-9(16)7-11(15)12(17)18/h9-11,16H,2-8H2,1H3,(H,17,18). The van der Waals surface area contributed by atoms with Gasteiger partial charge in [0, 0.05) is 32.7 Å². The number of hydrogen-bond acceptors (Lipinski definition) is 4. The van der Waals surface area contributed by atoms with Crippen molar-refractivity contribution in [2.45, 2.75) is 44.4 Å². The molecule has 20 heavy (non-hydrogen) atoms. The number of piperidine rings is 1. The third-order valence-corrected chi connectivity index (χ3v) is 3.92. The second-order valence-corrected chi connectivity index (χ2v) is 5.32. The molecule has 2 atom stereocenters. The Morgan fingerprint density at radius 2 is 1.95 bits per heavy atom. The number of carboxylic acid groups (broad SMARTS) is 1. The van der Waals surface area contributed by atoms with Crippen LogP contribution in [0.1, 0.15) is 26.2 Å². The Balaban J connectivity index is 1.93. The van der Waals surface area contributed by atoms with Gasteiger partial charge in [-0.15, -0.1) is 0 Å². The molecular formula is C13H22N2O5. The van der Waals surface area contributed by atoms with E-state index in [4.69, 9.17) is 9.84 Å². The highest BCUT2D eigenvalue weighted by Gasteiger charge is 2.41. The molecule has 2 saturated heterocycles. The zero-order valence-corrected chi connectivity index (χ0v) is 11.7. The number of β-amino-alcohol motifs (C(OH)–C–C–N with tert-alkyl or cyclic N) is 1. The summed E-state index contributed by atoms with van der Waals surface area (Å²) in [5.41, 5.74) is 0.